The number of hydrogen-bond acceptors (Lipinski definition) is 5. The normalized spacial score (nSPS) is 22.0. The van der Waals surface area contributed by atoms with E-state index in [1.54, 1.807) is 11.8 Å². The first kappa shape index (κ1) is 30.3. The van der Waals surface area contributed by atoms with Crippen molar-refractivity contribution >= 4 is 28.4 Å². The van der Waals surface area contributed by atoms with Crippen molar-refractivity contribution in [1.82, 2.24) is 9.47 Å². The molecule has 0 unspecified atom stereocenters. The maximum absolute atomic E-state index is 13.8. The van der Waals surface area contributed by atoms with Crippen LogP contribution in [0.25, 0.3) is 10.9 Å². The summed E-state index contributed by atoms with van der Waals surface area (Å²) in [6.07, 6.45) is 14.0. The SMILES string of the molecule is CCC(=O)[C@@H]1[C@H]2CCN1C(=O)Cn1cc(C(C)=O)c3cc(OC(C)C)cc(c31)CCCCCCCCCCCO2. The molecule has 40 heavy (non-hydrogen) atoms. The Hall–Kier alpha value is -2.67. The highest BCUT2D eigenvalue weighted by molar-refractivity contribution is 6.08. The van der Waals surface area contributed by atoms with Crippen molar-refractivity contribution in [3.8, 4) is 5.75 Å². The molecule has 7 nitrogen and oxygen atoms in total. The molecule has 2 atom stereocenters. The van der Waals surface area contributed by atoms with Gasteiger partial charge in [-0.2, -0.15) is 0 Å². The third kappa shape index (κ3) is 7.34. The van der Waals surface area contributed by atoms with E-state index in [4.69, 9.17) is 9.47 Å². The summed E-state index contributed by atoms with van der Waals surface area (Å²) in [7, 11) is 0. The summed E-state index contributed by atoms with van der Waals surface area (Å²) in [6.45, 7) is 8.65. The summed E-state index contributed by atoms with van der Waals surface area (Å²) in [6, 6.07) is 3.49. The second-order valence-corrected chi connectivity index (χ2v) is 11.9. The van der Waals surface area contributed by atoms with Crippen LogP contribution in [-0.4, -0.2) is 58.3 Å². The Labute approximate surface area is 239 Å². The zero-order valence-electron chi connectivity index (χ0n) is 25.0. The Morgan fingerprint density at radius 2 is 1.70 bits per heavy atom. The maximum atomic E-state index is 13.8. The van der Waals surface area contributed by atoms with Crippen molar-refractivity contribution in [1.29, 1.82) is 0 Å². The first-order chi connectivity index (χ1) is 19.3. The number of ketones is 2. The van der Waals surface area contributed by atoms with Crippen molar-refractivity contribution in [3.63, 3.8) is 0 Å². The van der Waals surface area contributed by atoms with Crippen LogP contribution in [0.2, 0.25) is 0 Å². The van der Waals surface area contributed by atoms with Crippen molar-refractivity contribution in [2.24, 2.45) is 0 Å². The van der Waals surface area contributed by atoms with Crippen LogP contribution < -0.4 is 4.74 Å². The topological polar surface area (TPSA) is 77.8 Å². The molecule has 1 aromatic heterocycles. The van der Waals surface area contributed by atoms with E-state index in [2.05, 4.69) is 6.07 Å². The number of aromatic nitrogens is 1. The summed E-state index contributed by atoms with van der Waals surface area (Å²) in [5.41, 5.74) is 2.63. The summed E-state index contributed by atoms with van der Waals surface area (Å²) >= 11 is 0. The number of rotatable bonds is 5. The molecule has 4 rings (SSSR count). The van der Waals surface area contributed by atoms with Gasteiger partial charge >= 0.3 is 0 Å². The number of hydrogen-bond donors (Lipinski definition) is 0. The molecular formula is C33H48N2O5. The predicted molar refractivity (Wildman–Crippen MR) is 158 cm³/mol. The van der Waals surface area contributed by atoms with E-state index in [-0.39, 0.29) is 36.2 Å². The van der Waals surface area contributed by atoms with Gasteiger partial charge in [0.1, 0.15) is 18.3 Å². The molecule has 2 aliphatic heterocycles. The van der Waals surface area contributed by atoms with Gasteiger partial charge in [0.25, 0.3) is 0 Å². The van der Waals surface area contributed by atoms with Crippen molar-refractivity contribution < 1.29 is 23.9 Å². The Morgan fingerprint density at radius 3 is 2.35 bits per heavy atom. The molecule has 7 heteroatoms. The third-order valence-corrected chi connectivity index (χ3v) is 8.34. The van der Waals surface area contributed by atoms with Crippen LogP contribution >= 0.6 is 0 Å². The van der Waals surface area contributed by atoms with Crippen LogP contribution in [-0.2, 0) is 27.3 Å². The molecule has 0 saturated carbocycles. The number of amides is 1. The van der Waals surface area contributed by atoms with Crippen LogP contribution in [0.4, 0.5) is 0 Å². The van der Waals surface area contributed by atoms with Crippen molar-refractivity contribution in [2.45, 2.75) is 130 Å². The molecule has 0 spiro atoms. The van der Waals surface area contributed by atoms with Gasteiger partial charge in [0.2, 0.25) is 5.91 Å². The molecule has 2 bridgehead atoms. The standard InChI is InChI=1S/C33H48N2O5/c1-5-29(37)33-30-16-17-35(33)31(38)22-34-21-28(24(4)36)27-20-26(40-23(2)3)19-25(32(27)34)15-13-11-9-7-6-8-10-12-14-18-39-30/h19-21,23,30,33H,5-18,22H2,1-4H3/t30-,33-/m1/s1. The number of nitrogens with zero attached hydrogens (tertiary/aromatic N) is 2. The average molecular weight is 553 g/mol. The molecule has 0 N–H and O–H groups in total. The van der Waals surface area contributed by atoms with Crippen LogP contribution in [0.15, 0.2) is 18.3 Å². The lowest BCUT2D eigenvalue weighted by molar-refractivity contribution is -0.140. The molecule has 1 aromatic carbocycles. The van der Waals surface area contributed by atoms with E-state index in [9.17, 15) is 14.4 Å². The Balaban J connectivity index is 1.71. The van der Waals surface area contributed by atoms with Crippen LogP contribution in [0.1, 0.15) is 114 Å². The predicted octanol–water partition coefficient (Wildman–Crippen LogP) is 6.66. The van der Waals surface area contributed by atoms with Gasteiger partial charge in [0.05, 0.1) is 17.7 Å². The zero-order chi connectivity index (χ0) is 28.6. The number of fused-ring (bicyclic) bond motifs is 2. The first-order valence-electron chi connectivity index (χ1n) is 15.6. The number of ether oxygens (including phenoxy) is 2. The largest absolute Gasteiger partial charge is 0.491 e. The molecular weight excluding hydrogens is 504 g/mol. The van der Waals surface area contributed by atoms with Crippen LogP contribution in [0.3, 0.4) is 0 Å². The van der Waals surface area contributed by atoms with Gasteiger partial charge < -0.3 is 18.9 Å². The number of aryl methyl sites for hydroxylation is 1. The van der Waals surface area contributed by atoms with E-state index in [0.29, 0.717) is 31.6 Å². The van der Waals surface area contributed by atoms with Crippen LogP contribution in [0, 0.1) is 0 Å². The summed E-state index contributed by atoms with van der Waals surface area (Å²) in [5.74, 6) is 0.665. The molecule has 3 heterocycles. The molecule has 2 aliphatic rings. The lowest BCUT2D eigenvalue weighted by Gasteiger charge is -2.27. The maximum Gasteiger partial charge on any atom is 0.243 e. The number of benzene rings is 1. The van der Waals surface area contributed by atoms with Crippen molar-refractivity contribution in [2.75, 3.05) is 13.2 Å². The molecule has 1 amide bonds. The van der Waals surface area contributed by atoms with Crippen molar-refractivity contribution in [3.05, 3.63) is 29.5 Å². The average Bonchev–Trinajstić information content (AvgIpc) is 3.50. The Bertz CT molecular complexity index is 1180. The minimum atomic E-state index is -0.539. The highest BCUT2D eigenvalue weighted by Crippen LogP contribution is 2.33. The fourth-order valence-electron chi connectivity index (χ4n) is 6.37. The molecule has 2 aromatic rings. The minimum absolute atomic E-state index is 0.0138. The first-order valence-corrected chi connectivity index (χ1v) is 15.6. The fourth-order valence-corrected chi connectivity index (χ4v) is 6.37. The molecule has 0 radical (unpaired) electrons. The highest BCUT2D eigenvalue weighted by Gasteiger charge is 2.41. The molecule has 220 valence electrons. The monoisotopic (exact) mass is 552 g/mol. The van der Waals surface area contributed by atoms with E-state index in [1.165, 1.54) is 32.1 Å². The fraction of sp³-hybridized carbons (Fsp3) is 0.667. The minimum Gasteiger partial charge on any atom is -0.491 e. The van der Waals surface area contributed by atoms with Gasteiger partial charge in [-0.15, -0.1) is 0 Å². The third-order valence-electron chi connectivity index (χ3n) is 8.34. The van der Waals surface area contributed by atoms with Gasteiger partial charge in [-0.1, -0.05) is 51.9 Å². The lowest BCUT2D eigenvalue weighted by atomic mass is 10.00. The second kappa shape index (κ2) is 14.3. The number of carbonyl (C=O) groups is 3. The highest BCUT2D eigenvalue weighted by atomic mass is 16.5. The molecule has 1 saturated heterocycles. The number of carbonyl (C=O) groups excluding carboxylic acids is 3. The van der Waals surface area contributed by atoms with Gasteiger partial charge in [-0.3, -0.25) is 14.4 Å². The van der Waals surface area contributed by atoms with E-state index >= 15 is 0 Å². The van der Waals surface area contributed by atoms with E-state index < -0.39 is 6.04 Å². The quantitative estimate of drug-likeness (QED) is 0.388. The molecule has 1 fully saturated rings. The van der Waals surface area contributed by atoms with Gasteiger partial charge in [-0.25, -0.2) is 0 Å². The van der Waals surface area contributed by atoms with Gasteiger partial charge in [0.15, 0.2) is 11.6 Å². The number of Topliss-reactive ketones (excluding diaryl/α,β-unsaturated/α-hetero) is 2. The van der Waals surface area contributed by atoms with Gasteiger partial charge in [-0.05, 0) is 64.2 Å². The van der Waals surface area contributed by atoms with E-state index in [0.717, 1.165) is 54.3 Å². The second-order valence-electron chi connectivity index (χ2n) is 11.9. The summed E-state index contributed by atoms with van der Waals surface area (Å²) in [5, 5.41) is 0.833. The van der Waals surface area contributed by atoms with Crippen LogP contribution in [0.5, 0.6) is 5.75 Å². The Morgan fingerprint density at radius 1 is 1.02 bits per heavy atom. The van der Waals surface area contributed by atoms with E-state index in [1.807, 2.05) is 37.6 Å². The smallest absolute Gasteiger partial charge is 0.243 e. The molecule has 0 aliphatic carbocycles. The Kier molecular flexibility index (Phi) is 10.8. The lowest BCUT2D eigenvalue weighted by Crippen LogP contribution is -2.46. The van der Waals surface area contributed by atoms with Gasteiger partial charge in [0, 0.05) is 36.7 Å². The summed E-state index contributed by atoms with van der Waals surface area (Å²) in [4.78, 5) is 41.3. The summed E-state index contributed by atoms with van der Waals surface area (Å²) < 4.78 is 14.2. The zero-order valence-corrected chi connectivity index (χ0v) is 25.0.